The fourth-order valence-corrected chi connectivity index (χ4v) is 2.44. The van der Waals surface area contributed by atoms with Crippen molar-refractivity contribution in [3.63, 3.8) is 0 Å². The van der Waals surface area contributed by atoms with E-state index in [1.807, 2.05) is 25.3 Å². The fraction of sp³-hybridized carbons (Fsp3) is 0.167. The number of carboxylic acids is 1. The number of hydrogen-bond acceptors (Lipinski definition) is 4. The summed E-state index contributed by atoms with van der Waals surface area (Å²) in [5, 5.41) is 13.5. The summed E-state index contributed by atoms with van der Waals surface area (Å²) < 4.78 is 9.00. The molecule has 7 nitrogen and oxygen atoms in total. The van der Waals surface area contributed by atoms with E-state index < -0.39 is 11.4 Å². The Morgan fingerprint density at radius 1 is 1.24 bits per heavy atom. The third-order valence-corrected chi connectivity index (χ3v) is 3.73. The first kappa shape index (κ1) is 16.5. The summed E-state index contributed by atoms with van der Waals surface area (Å²) in [5.74, 6) is -0.851. The molecule has 0 radical (unpaired) electrons. The van der Waals surface area contributed by atoms with Crippen LogP contribution < -0.4 is 10.2 Å². The molecular weight excluding hydrogens is 322 g/mol. The van der Waals surface area contributed by atoms with Crippen LogP contribution in [-0.4, -0.2) is 25.4 Å². The van der Waals surface area contributed by atoms with Crippen molar-refractivity contribution in [1.29, 1.82) is 0 Å². The molecular formula is C18H17N3O4. The Morgan fingerprint density at radius 3 is 2.64 bits per heavy atom. The maximum Gasteiger partial charge on any atom is 0.341 e. The number of aromatic nitrogens is 3. The zero-order valence-corrected chi connectivity index (χ0v) is 13.6. The van der Waals surface area contributed by atoms with Crippen LogP contribution in [0, 0.1) is 0 Å². The Kier molecular flexibility index (Phi) is 4.65. The fourth-order valence-electron chi connectivity index (χ4n) is 2.44. The molecule has 0 saturated heterocycles. The van der Waals surface area contributed by atoms with Crippen molar-refractivity contribution in [3.05, 3.63) is 77.0 Å². The van der Waals surface area contributed by atoms with E-state index in [1.165, 1.54) is 12.4 Å². The minimum Gasteiger partial charge on any atom is -0.477 e. The van der Waals surface area contributed by atoms with Gasteiger partial charge in [-0.15, -0.1) is 0 Å². The minimum absolute atomic E-state index is 0.0292. The number of pyridine rings is 1. The van der Waals surface area contributed by atoms with Gasteiger partial charge in [0.2, 0.25) is 5.43 Å². The molecule has 1 N–H and O–H groups in total. The highest BCUT2D eigenvalue weighted by atomic mass is 16.5. The van der Waals surface area contributed by atoms with Gasteiger partial charge in [-0.25, -0.2) is 4.79 Å². The molecule has 3 rings (SSSR count). The summed E-state index contributed by atoms with van der Waals surface area (Å²) in [6, 6.07) is 10.5. The number of hydrogen-bond donors (Lipinski definition) is 1. The Morgan fingerprint density at radius 2 is 2.00 bits per heavy atom. The molecule has 0 spiro atoms. The van der Waals surface area contributed by atoms with Gasteiger partial charge in [0.05, 0.1) is 18.8 Å². The molecule has 0 aliphatic heterocycles. The zero-order valence-electron chi connectivity index (χ0n) is 13.6. The van der Waals surface area contributed by atoms with Crippen molar-refractivity contribution < 1.29 is 14.6 Å². The number of nitrogens with zero attached hydrogens (tertiary/aromatic N) is 3. The maximum atomic E-state index is 12.4. The third kappa shape index (κ3) is 3.77. The molecule has 0 aliphatic carbocycles. The maximum absolute atomic E-state index is 12.4. The lowest BCUT2D eigenvalue weighted by molar-refractivity contribution is 0.0693. The Labute approximate surface area is 143 Å². The van der Waals surface area contributed by atoms with E-state index in [2.05, 4.69) is 5.10 Å². The molecule has 25 heavy (non-hydrogen) atoms. The van der Waals surface area contributed by atoms with Crippen LogP contribution in [0.2, 0.25) is 0 Å². The number of aromatic carboxylic acids is 1. The van der Waals surface area contributed by atoms with Gasteiger partial charge in [0.1, 0.15) is 11.3 Å². The third-order valence-electron chi connectivity index (χ3n) is 3.73. The van der Waals surface area contributed by atoms with E-state index in [0.29, 0.717) is 12.3 Å². The highest BCUT2D eigenvalue weighted by molar-refractivity contribution is 5.87. The molecule has 0 fully saturated rings. The van der Waals surface area contributed by atoms with Crippen molar-refractivity contribution in [2.45, 2.75) is 19.5 Å². The van der Waals surface area contributed by atoms with Crippen molar-refractivity contribution in [1.82, 2.24) is 14.3 Å². The summed E-state index contributed by atoms with van der Waals surface area (Å²) in [6.45, 7) is 2.43. The quantitative estimate of drug-likeness (QED) is 0.746. The number of para-hydroxylation sites is 1. The molecule has 2 aromatic heterocycles. The van der Waals surface area contributed by atoms with E-state index in [0.717, 1.165) is 0 Å². The summed E-state index contributed by atoms with van der Waals surface area (Å²) in [5.41, 5.74) is -0.986. The van der Waals surface area contributed by atoms with Crippen LogP contribution in [0.1, 0.15) is 23.3 Å². The summed E-state index contributed by atoms with van der Waals surface area (Å²) in [4.78, 5) is 23.8. The first-order valence-electron chi connectivity index (χ1n) is 7.74. The first-order valence-corrected chi connectivity index (χ1v) is 7.74. The molecule has 0 amide bonds. The van der Waals surface area contributed by atoms with Crippen molar-refractivity contribution in [2.24, 2.45) is 0 Å². The molecule has 1 atom stereocenters. The highest BCUT2D eigenvalue weighted by Crippen LogP contribution is 2.20. The predicted octanol–water partition coefficient (Wildman–Crippen LogP) is 2.80. The smallest absolute Gasteiger partial charge is 0.341 e. The largest absolute Gasteiger partial charge is 0.477 e. The number of carboxylic acid groups (broad SMARTS) is 1. The lowest BCUT2D eigenvalue weighted by Crippen LogP contribution is -2.22. The molecule has 0 saturated carbocycles. The lowest BCUT2D eigenvalue weighted by Gasteiger charge is -2.18. The van der Waals surface area contributed by atoms with Crippen LogP contribution in [-0.2, 0) is 6.54 Å². The molecule has 7 heteroatoms. The van der Waals surface area contributed by atoms with E-state index in [9.17, 15) is 14.7 Å². The number of rotatable bonds is 6. The Hall–Kier alpha value is -3.35. The van der Waals surface area contributed by atoms with Gasteiger partial charge in [0.25, 0.3) is 0 Å². The molecule has 0 unspecified atom stereocenters. The number of benzene rings is 1. The monoisotopic (exact) mass is 339 g/mol. The Balaban J connectivity index is 1.98. The van der Waals surface area contributed by atoms with Crippen LogP contribution in [0.25, 0.3) is 0 Å². The first-order chi connectivity index (χ1) is 12.0. The molecule has 2 heterocycles. The average molecular weight is 339 g/mol. The highest BCUT2D eigenvalue weighted by Gasteiger charge is 2.17. The van der Waals surface area contributed by atoms with E-state index >= 15 is 0 Å². The van der Waals surface area contributed by atoms with Crippen LogP contribution in [0.5, 0.6) is 11.5 Å². The molecule has 128 valence electrons. The summed E-state index contributed by atoms with van der Waals surface area (Å²) in [6.07, 6.45) is 6.34. The standard InChI is InChI=1S/C18H17N3O4/c1-13(10-21-9-5-8-19-21)20-11-15(18(23)24)17(22)16(12-20)25-14-6-3-2-4-7-14/h2-9,11-13H,10H2,1H3,(H,23,24)/t13-/m0/s1. The van der Waals surface area contributed by atoms with Gasteiger partial charge in [-0.2, -0.15) is 5.10 Å². The Bertz CT molecular complexity index is 917. The van der Waals surface area contributed by atoms with E-state index in [-0.39, 0.29) is 17.4 Å². The predicted molar refractivity (Wildman–Crippen MR) is 91.1 cm³/mol. The van der Waals surface area contributed by atoms with Crippen molar-refractivity contribution in [3.8, 4) is 11.5 Å². The number of carbonyl (C=O) groups is 1. The van der Waals surface area contributed by atoms with Gasteiger partial charge in [0.15, 0.2) is 5.75 Å². The van der Waals surface area contributed by atoms with Gasteiger partial charge in [0, 0.05) is 18.6 Å². The van der Waals surface area contributed by atoms with E-state index in [1.54, 1.807) is 39.7 Å². The molecule has 0 bridgehead atoms. The van der Waals surface area contributed by atoms with Crippen molar-refractivity contribution >= 4 is 5.97 Å². The summed E-state index contributed by atoms with van der Waals surface area (Å²) >= 11 is 0. The van der Waals surface area contributed by atoms with Gasteiger partial charge < -0.3 is 14.4 Å². The lowest BCUT2D eigenvalue weighted by atomic mass is 10.2. The molecule has 3 aromatic rings. The summed E-state index contributed by atoms with van der Waals surface area (Å²) in [7, 11) is 0. The van der Waals surface area contributed by atoms with Crippen LogP contribution in [0.4, 0.5) is 0 Å². The van der Waals surface area contributed by atoms with Crippen LogP contribution >= 0.6 is 0 Å². The normalized spacial score (nSPS) is 11.9. The SMILES string of the molecule is C[C@@H](Cn1cccn1)n1cc(Oc2ccccc2)c(=O)c(C(=O)O)c1. The van der Waals surface area contributed by atoms with Gasteiger partial charge in [-0.05, 0) is 25.1 Å². The van der Waals surface area contributed by atoms with Crippen LogP contribution in [0.3, 0.4) is 0 Å². The van der Waals surface area contributed by atoms with E-state index in [4.69, 9.17) is 4.74 Å². The minimum atomic E-state index is -1.29. The van der Waals surface area contributed by atoms with Crippen LogP contribution in [0.15, 0.2) is 66.0 Å². The number of ether oxygens (including phenoxy) is 1. The second-order valence-electron chi connectivity index (χ2n) is 5.61. The second kappa shape index (κ2) is 7.04. The molecule has 0 aliphatic rings. The zero-order chi connectivity index (χ0) is 17.8. The van der Waals surface area contributed by atoms with Crippen molar-refractivity contribution in [2.75, 3.05) is 0 Å². The van der Waals surface area contributed by atoms with Gasteiger partial charge in [-0.3, -0.25) is 9.48 Å². The van der Waals surface area contributed by atoms with Gasteiger partial charge >= 0.3 is 5.97 Å². The second-order valence-corrected chi connectivity index (χ2v) is 5.61. The molecule has 1 aromatic carbocycles. The average Bonchev–Trinajstić information content (AvgIpc) is 3.10. The topological polar surface area (TPSA) is 86.4 Å². The van der Waals surface area contributed by atoms with Gasteiger partial charge in [-0.1, -0.05) is 18.2 Å².